The molecule has 0 saturated carbocycles. The Bertz CT molecular complexity index is 953. The van der Waals surface area contributed by atoms with Gasteiger partial charge >= 0.3 is 0 Å². The molecule has 2 N–H and O–H groups in total. The van der Waals surface area contributed by atoms with Crippen LogP contribution in [-0.4, -0.2) is 68.5 Å². The quantitative estimate of drug-likeness (QED) is 0.0276. The Morgan fingerprint density at radius 3 is 1.42 bits per heavy atom. The number of quaternary nitrogens is 1. The topological polar surface area (TPSA) is 108 Å². The van der Waals surface area contributed by atoms with E-state index >= 15 is 0 Å². The number of carbonyl (C=O) groups excluding carboxylic acids is 1. The van der Waals surface area contributed by atoms with Gasteiger partial charge in [-0.25, -0.2) is 0 Å². The zero-order valence-electron chi connectivity index (χ0n) is 36.9. The van der Waals surface area contributed by atoms with Crippen molar-refractivity contribution in [2.75, 3.05) is 40.9 Å². The lowest BCUT2D eigenvalue weighted by Crippen LogP contribution is -2.45. The average molecular weight is 799 g/mol. The van der Waals surface area contributed by atoms with Gasteiger partial charge in [-0.15, -0.1) is 0 Å². The fraction of sp³-hybridized carbons (Fsp3) is 0.891. The van der Waals surface area contributed by atoms with Crippen molar-refractivity contribution in [3.63, 3.8) is 0 Å². The van der Waals surface area contributed by atoms with Crippen LogP contribution in [-0.2, 0) is 18.4 Å². The maximum absolute atomic E-state index is 12.8. The zero-order chi connectivity index (χ0) is 40.7. The summed E-state index contributed by atoms with van der Waals surface area (Å²) in [4.78, 5) is 25.3. The normalized spacial score (nSPS) is 14.5. The molecule has 0 spiro atoms. The third-order valence-electron chi connectivity index (χ3n) is 10.4. The molecule has 0 rings (SSSR count). The van der Waals surface area contributed by atoms with Crippen molar-refractivity contribution in [3.8, 4) is 0 Å². The van der Waals surface area contributed by atoms with Crippen molar-refractivity contribution in [1.82, 2.24) is 5.32 Å². The van der Waals surface area contributed by atoms with Crippen LogP contribution in [0.1, 0.15) is 213 Å². The van der Waals surface area contributed by atoms with E-state index in [2.05, 4.69) is 31.3 Å². The highest BCUT2D eigenvalue weighted by Crippen LogP contribution is 2.38. The molecule has 8 nitrogen and oxygen atoms in total. The van der Waals surface area contributed by atoms with E-state index in [1.54, 1.807) is 6.08 Å². The number of hydrogen-bond acceptors (Lipinski definition) is 6. The minimum atomic E-state index is -4.58. The third kappa shape index (κ3) is 41.0. The van der Waals surface area contributed by atoms with Crippen LogP contribution >= 0.6 is 7.82 Å². The average Bonchev–Trinajstić information content (AvgIpc) is 3.13. The monoisotopic (exact) mass is 799 g/mol. The zero-order valence-corrected chi connectivity index (χ0v) is 37.8. The van der Waals surface area contributed by atoms with Crippen molar-refractivity contribution in [3.05, 3.63) is 24.3 Å². The number of phosphoric acid groups is 1. The van der Waals surface area contributed by atoms with Gasteiger partial charge in [-0.2, -0.15) is 0 Å². The first-order chi connectivity index (χ1) is 26.5. The molecule has 0 bridgehead atoms. The Hall–Kier alpha value is -1.02. The first-order valence-electron chi connectivity index (χ1n) is 23.2. The van der Waals surface area contributed by atoms with E-state index in [0.29, 0.717) is 17.4 Å². The summed E-state index contributed by atoms with van der Waals surface area (Å²) in [5, 5.41) is 13.7. The summed E-state index contributed by atoms with van der Waals surface area (Å²) >= 11 is 0. The van der Waals surface area contributed by atoms with Crippen molar-refractivity contribution in [1.29, 1.82) is 0 Å². The highest BCUT2D eigenvalue weighted by Gasteiger charge is 2.23. The van der Waals surface area contributed by atoms with Crippen LogP contribution in [0.2, 0.25) is 0 Å². The number of hydrogen-bond donors (Lipinski definition) is 2. The van der Waals surface area contributed by atoms with Crippen LogP contribution in [0.4, 0.5) is 0 Å². The van der Waals surface area contributed by atoms with Gasteiger partial charge < -0.3 is 28.8 Å². The summed E-state index contributed by atoms with van der Waals surface area (Å²) in [6, 6.07) is -0.882. The standard InChI is InChI=1S/C46H91N2O6P/c1-6-8-10-12-14-16-18-19-20-21-22-23-24-25-26-27-28-29-30-32-34-36-38-40-46(50)47-44(43-54-55(51,52)53-42-41-48(3,4)5)45(49)39-37-35-33-31-17-15-13-11-9-7-2/h21-22,37,39,44-45,49H,6-20,23-36,38,40-43H2,1-5H3,(H-,47,50,51,52)/b22-21-,39-37+. The van der Waals surface area contributed by atoms with Crippen LogP contribution in [0, 0.1) is 0 Å². The van der Waals surface area contributed by atoms with Crippen molar-refractivity contribution < 1.29 is 32.9 Å². The molecule has 0 fully saturated rings. The largest absolute Gasteiger partial charge is 0.756 e. The number of aliphatic hydroxyl groups is 1. The summed E-state index contributed by atoms with van der Waals surface area (Å²) in [6.45, 7) is 4.63. The number of aliphatic hydroxyl groups excluding tert-OH is 1. The lowest BCUT2D eigenvalue weighted by molar-refractivity contribution is -0.870. The minimum Gasteiger partial charge on any atom is -0.756 e. The number of rotatable bonds is 42. The highest BCUT2D eigenvalue weighted by atomic mass is 31.2. The van der Waals surface area contributed by atoms with E-state index in [-0.39, 0.29) is 19.1 Å². The molecular weight excluding hydrogens is 707 g/mol. The van der Waals surface area contributed by atoms with E-state index in [1.807, 2.05) is 27.2 Å². The minimum absolute atomic E-state index is 0.0000923. The molecule has 0 aliphatic rings. The third-order valence-corrected chi connectivity index (χ3v) is 11.4. The van der Waals surface area contributed by atoms with E-state index in [9.17, 15) is 19.4 Å². The van der Waals surface area contributed by atoms with Crippen molar-refractivity contribution in [2.45, 2.75) is 225 Å². The molecule has 55 heavy (non-hydrogen) atoms. The molecule has 0 aliphatic heterocycles. The molecule has 0 heterocycles. The van der Waals surface area contributed by atoms with Gasteiger partial charge in [0.05, 0.1) is 39.9 Å². The van der Waals surface area contributed by atoms with E-state index in [4.69, 9.17) is 9.05 Å². The molecule has 0 aromatic rings. The Labute approximate surface area is 341 Å². The molecule has 1 amide bonds. The molecule has 0 saturated heterocycles. The van der Waals surface area contributed by atoms with Gasteiger partial charge in [-0.05, 0) is 44.9 Å². The Kier molecular flexibility index (Phi) is 37.8. The second-order valence-electron chi connectivity index (χ2n) is 17.1. The summed E-state index contributed by atoms with van der Waals surface area (Å²) in [5.41, 5.74) is 0. The van der Waals surface area contributed by atoms with Crippen LogP contribution in [0.25, 0.3) is 0 Å². The fourth-order valence-electron chi connectivity index (χ4n) is 6.68. The summed E-state index contributed by atoms with van der Waals surface area (Å²) in [6.07, 6.45) is 45.2. The molecule has 0 radical (unpaired) electrons. The molecule has 326 valence electrons. The summed E-state index contributed by atoms with van der Waals surface area (Å²) in [5.74, 6) is -0.199. The molecule has 9 heteroatoms. The summed E-state index contributed by atoms with van der Waals surface area (Å²) < 4.78 is 23.2. The molecule has 0 aromatic heterocycles. The molecule has 3 unspecified atom stereocenters. The number of nitrogens with zero attached hydrogens (tertiary/aromatic N) is 1. The lowest BCUT2D eigenvalue weighted by atomic mass is 10.0. The smallest absolute Gasteiger partial charge is 0.268 e. The number of phosphoric ester groups is 1. The van der Waals surface area contributed by atoms with Crippen molar-refractivity contribution in [2.24, 2.45) is 0 Å². The Morgan fingerprint density at radius 1 is 0.618 bits per heavy atom. The first kappa shape index (κ1) is 54.0. The number of unbranched alkanes of at least 4 members (excludes halogenated alkanes) is 27. The number of allylic oxidation sites excluding steroid dienone is 3. The van der Waals surface area contributed by atoms with E-state index in [0.717, 1.165) is 38.5 Å². The van der Waals surface area contributed by atoms with Crippen LogP contribution in [0.5, 0.6) is 0 Å². The van der Waals surface area contributed by atoms with Gasteiger partial charge in [-0.1, -0.05) is 186 Å². The lowest BCUT2D eigenvalue weighted by Gasteiger charge is -2.29. The number of nitrogens with one attached hydrogen (secondary N) is 1. The van der Waals surface area contributed by atoms with Gasteiger partial charge in [0.15, 0.2) is 0 Å². The predicted octanol–water partition coefficient (Wildman–Crippen LogP) is 12.3. The predicted molar refractivity (Wildman–Crippen MR) is 233 cm³/mol. The van der Waals surface area contributed by atoms with Crippen LogP contribution < -0.4 is 10.2 Å². The Balaban J connectivity index is 4.21. The second kappa shape index (κ2) is 38.5. The molecule has 0 aromatic carbocycles. The molecule has 3 atom stereocenters. The van der Waals surface area contributed by atoms with Gasteiger partial charge in [0.2, 0.25) is 5.91 Å². The first-order valence-corrected chi connectivity index (χ1v) is 24.7. The van der Waals surface area contributed by atoms with E-state index in [1.165, 1.54) is 154 Å². The SMILES string of the molecule is CCCCCCCCCC/C=C\CCCCCCCCCCCCCC(=O)NC(COP(=O)([O-])OCC[N+](C)(C)C)C(O)/C=C/CCCCCCCCCC. The Morgan fingerprint density at radius 2 is 1.00 bits per heavy atom. The van der Waals surface area contributed by atoms with Gasteiger partial charge in [-0.3, -0.25) is 9.36 Å². The van der Waals surface area contributed by atoms with Crippen LogP contribution in [0.3, 0.4) is 0 Å². The molecular formula is C46H91N2O6P. The van der Waals surface area contributed by atoms with Crippen LogP contribution in [0.15, 0.2) is 24.3 Å². The maximum Gasteiger partial charge on any atom is 0.268 e. The maximum atomic E-state index is 12.8. The number of likely N-dealkylation sites (N-methyl/N-ethyl adjacent to an activating group) is 1. The van der Waals surface area contributed by atoms with Gasteiger partial charge in [0, 0.05) is 6.42 Å². The second-order valence-corrected chi connectivity index (χ2v) is 18.5. The number of carbonyl (C=O) groups is 1. The van der Waals surface area contributed by atoms with E-state index < -0.39 is 20.0 Å². The van der Waals surface area contributed by atoms with Gasteiger partial charge in [0.25, 0.3) is 7.82 Å². The molecule has 0 aliphatic carbocycles. The van der Waals surface area contributed by atoms with Crippen molar-refractivity contribution >= 4 is 13.7 Å². The highest BCUT2D eigenvalue weighted by molar-refractivity contribution is 7.45. The number of amides is 1. The summed E-state index contributed by atoms with van der Waals surface area (Å²) in [7, 11) is 1.26. The fourth-order valence-corrected chi connectivity index (χ4v) is 7.40. The van der Waals surface area contributed by atoms with Gasteiger partial charge in [0.1, 0.15) is 13.2 Å².